The van der Waals surface area contributed by atoms with Crippen molar-refractivity contribution in [3.05, 3.63) is 96.6 Å². The second kappa shape index (κ2) is 11.3. The molecule has 4 aromatic carbocycles. The number of nitrogens with zero attached hydrogens (tertiary/aromatic N) is 1. The highest BCUT2D eigenvalue weighted by molar-refractivity contribution is 5.86. The standard InChI is InChI=1S/C29H28N2O4.ClH/c1-20(25-10-6-8-21-7-2-3-9-26(21)25)30-17-24-18-31(27-11-4-5-12-28(27)35-24)22-13-15-23(16-14-22)34-19-29(32)33;/h2-16,20,24,30H,17-19H2,1H3,(H,32,33);1H/t20-,24?;/m1./s1. The molecule has 0 spiro atoms. The van der Waals surface area contributed by atoms with E-state index in [1.807, 2.05) is 36.4 Å². The van der Waals surface area contributed by atoms with Gasteiger partial charge in [-0.1, -0.05) is 54.6 Å². The molecule has 186 valence electrons. The lowest BCUT2D eigenvalue weighted by molar-refractivity contribution is -0.139. The first kappa shape index (κ1) is 25.4. The Morgan fingerprint density at radius 3 is 2.56 bits per heavy atom. The molecule has 6 nitrogen and oxygen atoms in total. The van der Waals surface area contributed by atoms with Crippen molar-refractivity contribution in [2.45, 2.75) is 19.1 Å². The van der Waals surface area contributed by atoms with Crippen LogP contribution < -0.4 is 19.7 Å². The largest absolute Gasteiger partial charge is 0.485 e. The van der Waals surface area contributed by atoms with E-state index in [0.717, 1.165) is 17.1 Å². The number of fused-ring (bicyclic) bond motifs is 2. The fourth-order valence-corrected chi connectivity index (χ4v) is 4.56. The lowest BCUT2D eigenvalue weighted by Gasteiger charge is -2.37. The monoisotopic (exact) mass is 504 g/mol. The number of hydrogen-bond acceptors (Lipinski definition) is 5. The van der Waals surface area contributed by atoms with Gasteiger partial charge in [-0.3, -0.25) is 0 Å². The number of para-hydroxylation sites is 2. The van der Waals surface area contributed by atoms with E-state index in [1.54, 1.807) is 12.1 Å². The number of halogens is 1. The normalized spacial score (nSPS) is 15.4. The van der Waals surface area contributed by atoms with E-state index in [9.17, 15) is 4.79 Å². The van der Waals surface area contributed by atoms with E-state index in [2.05, 4.69) is 59.6 Å². The third-order valence-electron chi connectivity index (χ3n) is 6.29. The SMILES string of the molecule is C[C@@H](NCC1CN(c2ccc(OCC(=O)O)cc2)c2ccccc2O1)c1cccc2ccccc12.Cl. The maximum atomic E-state index is 10.8. The lowest BCUT2D eigenvalue weighted by atomic mass is 9.99. The van der Waals surface area contributed by atoms with E-state index in [0.29, 0.717) is 18.8 Å². The second-order valence-corrected chi connectivity index (χ2v) is 8.69. The Labute approximate surface area is 216 Å². The summed E-state index contributed by atoms with van der Waals surface area (Å²) >= 11 is 0. The number of carboxylic acids is 1. The molecule has 0 saturated heterocycles. The van der Waals surface area contributed by atoms with Gasteiger partial charge in [-0.25, -0.2) is 4.79 Å². The number of carboxylic acid groups (broad SMARTS) is 1. The van der Waals surface area contributed by atoms with Crippen molar-refractivity contribution in [3.8, 4) is 11.5 Å². The maximum absolute atomic E-state index is 10.8. The highest BCUT2D eigenvalue weighted by Gasteiger charge is 2.27. The Hall–Kier alpha value is -3.74. The van der Waals surface area contributed by atoms with Crippen LogP contribution in [0.3, 0.4) is 0 Å². The van der Waals surface area contributed by atoms with Gasteiger partial charge in [0, 0.05) is 18.3 Å². The summed E-state index contributed by atoms with van der Waals surface area (Å²) in [7, 11) is 0. The van der Waals surface area contributed by atoms with Crippen LogP contribution in [0.5, 0.6) is 11.5 Å². The van der Waals surface area contributed by atoms with Gasteiger partial charge in [0.2, 0.25) is 0 Å². The van der Waals surface area contributed by atoms with Crippen LogP contribution in [-0.2, 0) is 4.79 Å². The topological polar surface area (TPSA) is 71.0 Å². The van der Waals surface area contributed by atoms with Crippen molar-refractivity contribution in [3.63, 3.8) is 0 Å². The molecule has 0 fully saturated rings. The Bertz CT molecular complexity index is 1320. The number of carbonyl (C=O) groups is 1. The number of rotatable bonds is 8. The Morgan fingerprint density at radius 2 is 1.75 bits per heavy atom. The summed E-state index contributed by atoms with van der Waals surface area (Å²) in [5.41, 5.74) is 3.27. The molecule has 5 rings (SSSR count). The molecule has 2 N–H and O–H groups in total. The van der Waals surface area contributed by atoms with Gasteiger partial charge in [-0.05, 0) is 59.7 Å². The van der Waals surface area contributed by atoms with Gasteiger partial charge in [0.25, 0.3) is 0 Å². The number of benzene rings is 4. The van der Waals surface area contributed by atoms with Gasteiger partial charge in [-0.15, -0.1) is 12.4 Å². The molecule has 2 atom stereocenters. The summed E-state index contributed by atoms with van der Waals surface area (Å²) in [6.45, 7) is 3.20. The van der Waals surface area contributed by atoms with Crippen LogP contribution in [-0.4, -0.2) is 36.9 Å². The quantitative estimate of drug-likeness (QED) is 0.308. The molecular formula is C29H29ClN2O4. The molecule has 4 aromatic rings. The average molecular weight is 505 g/mol. The van der Waals surface area contributed by atoms with Crippen LogP contribution in [0.15, 0.2) is 91.0 Å². The van der Waals surface area contributed by atoms with Crippen LogP contribution in [0.2, 0.25) is 0 Å². The zero-order chi connectivity index (χ0) is 24.2. The number of nitrogens with one attached hydrogen (secondary N) is 1. The smallest absolute Gasteiger partial charge is 0.341 e. The fraction of sp³-hybridized carbons (Fsp3) is 0.207. The minimum Gasteiger partial charge on any atom is -0.485 e. The molecule has 0 aromatic heterocycles. The first-order valence-corrected chi connectivity index (χ1v) is 11.8. The van der Waals surface area contributed by atoms with Crippen molar-refractivity contribution in [2.75, 3.05) is 24.6 Å². The maximum Gasteiger partial charge on any atom is 0.341 e. The van der Waals surface area contributed by atoms with Crippen LogP contribution in [0.4, 0.5) is 11.4 Å². The fourth-order valence-electron chi connectivity index (χ4n) is 4.56. The van der Waals surface area contributed by atoms with E-state index < -0.39 is 5.97 Å². The lowest BCUT2D eigenvalue weighted by Crippen LogP contribution is -2.44. The molecule has 7 heteroatoms. The van der Waals surface area contributed by atoms with Gasteiger partial charge < -0.3 is 24.8 Å². The third kappa shape index (κ3) is 5.56. The minimum absolute atomic E-state index is 0. The van der Waals surface area contributed by atoms with Gasteiger partial charge in [-0.2, -0.15) is 0 Å². The molecule has 1 aliphatic heterocycles. The summed E-state index contributed by atoms with van der Waals surface area (Å²) in [4.78, 5) is 13.0. The average Bonchev–Trinajstić information content (AvgIpc) is 2.90. The van der Waals surface area contributed by atoms with Crippen LogP contribution in [0.1, 0.15) is 18.5 Å². The number of hydrogen-bond donors (Lipinski definition) is 2. The first-order valence-electron chi connectivity index (χ1n) is 11.8. The minimum atomic E-state index is -0.996. The number of anilines is 2. The Morgan fingerprint density at radius 1 is 1.03 bits per heavy atom. The van der Waals surface area contributed by atoms with Crippen LogP contribution in [0.25, 0.3) is 10.8 Å². The molecule has 0 aliphatic carbocycles. The molecule has 1 heterocycles. The van der Waals surface area contributed by atoms with E-state index in [-0.39, 0.29) is 31.2 Å². The Balaban J connectivity index is 0.00000304. The summed E-state index contributed by atoms with van der Waals surface area (Å²) in [6, 6.07) is 30.6. The molecule has 0 amide bonds. The summed E-state index contributed by atoms with van der Waals surface area (Å²) in [6.07, 6.45) is -0.0507. The summed E-state index contributed by atoms with van der Waals surface area (Å²) < 4.78 is 11.6. The number of ether oxygens (including phenoxy) is 2. The molecule has 0 saturated carbocycles. The van der Waals surface area contributed by atoms with E-state index in [4.69, 9.17) is 14.6 Å². The number of aliphatic carboxylic acids is 1. The van der Waals surface area contributed by atoms with Crippen molar-refractivity contribution >= 4 is 40.5 Å². The molecule has 0 radical (unpaired) electrons. The van der Waals surface area contributed by atoms with Gasteiger partial charge in [0.15, 0.2) is 6.61 Å². The second-order valence-electron chi connectivity index (χ2n) is 8.69. The highest BCUT2D eigenvalue weighted by atomic mass is 35.5. The summed E-state index contributed by atoms with van der Waals surface area (Å²) in [5.74, 6) is 0.374. The third-order valence-corrected chi connectivity index (χ3v) is 6.29. The Kier molecular flexibility index (Phi) is 7.98. The zero-order valence-electron chi connectivity index (χ0n) is 20.0. The van der Waals surface area contributed by atoms with E-state index >= 15 is 0 Å². The van der Waals surface area contributed by atoms with Crippen molar-refractivity contribution in [1.82, 2.24) is 5.32 Å². The van der Waals surface area contributed by atoms with Crippen molar-refractivity contribution in [1.29, 1.82) is 0 Å². The highest BCUT2D eigenvalue weighted by Crippen LogP contribution is 2.38. The molecule has 1 aliphatic rings. The molecular weight excluding hydrogens is 476 g/mol. The molecule has 0 bridgehead atoms. The van der Waals surface area contributed by atoms with Gasteiger partial charge in [0.05, 0.1) is 12.2 Å². The van der Waals surface area contributed by atoms with Gasteiger partial charge in [0.1, 0.15) is 17.6 Å². The van der Waals surface area contributed by atoms with Gasteiger partial charge >= 0.3 is 5.97 Å². The molecule has 1 unspecified atom stereocenters. The van der Waals surface area contributed by atoms with Crippen molar-refractivity contribution in [2.24, 2.45) is 0 Å². The van der Waals surface area contributed by atoms with Crippen LogP contribution in [0, 0.1) is 0 Å². The predicted molar refractivity (Wildman–Crippen MR) is 145 cm³/mol. The van der Waals surface area contributed by atoms with E-state index in [1.165, 1.54) is 16.3 Å². The zero-order valence-corrected chi connectivity index (χ0v) is 20.8. The predicted octanol–water partition coefficient (Wildman–Crippen LogP) is 5.97. The molecule has 36 heavy (non-hydrogen) atoms. The van der Waals surface area contributed by atoms with Crippen molar-refractivity contribution < 1.29 is 19.4 Å². The first-order chi connectivity index (χ1) is 17.1. The summed E-state index contributed by atoms with van der Waals surface area (Å²) in [5, 5.41) is 15.0. The van der Waals surface area contributed by atoms with Crippen LogP contribution >= 0.6 is 12.4 Å².